The zero-order valence-corrected chi connectivity index (χ0v) is 12.6. The highest BCUT2D eigenvalue weighted by molar-refractivity contribution is 5.79. The Morgan fingerprint density at radius 1 is 1.05 bits per heavy atom. The summed E-state index contributed by atoms with van der Waals surface area (Å²) in [4.78, 5) is 23.3. The van der Waals surface area contributed by atoms with Crippen LogP contribution >= 0.6 is 0 Å². The maximum absolute atomic E-state index is 12.4. The van der Waals surface area contributed by atoms with E-state index in [0.29, 0.717) is 18.3 Å². The van der Waals surface area contributed by atoms with Crippen molar-refractivity contribution in [3.8, 4) is 0 Å². The van der Waals surface area contributed by atoms with Gasteiger partial charge in [-0.2, -0.15) is 0 Å². The maximum atomic E-state index is 12.4. The fourth-order valence-corrected chi connectivity index (χ4v) is 4.37. The molecule has 21 heavy (non-hydrogen) atoms. The summed E-state index contributed by atoms with van der Waals surface area (Å²) < 4.78 is 0. The van der Waals surface area contributed by atoms with E-state index in [1.54, 1.807) is 0 Å². The second-order valence-corrected chi connectivity index (χ2v) is 7.25. The van der Waals surface area contributed by atoms with E-state index < -0.39 is 5.97 Å². The van der Waals surface area contributed by atoms with E-state index in [-0.39, 0.29) is 23.8 Å². The van der Waals surface area contributed by atoms with Crippen molar-refractivity contribution in [2.45, 2.75) is 57.4 Å². The molecular weight excluding hydrogens is 268 g/mol. The van der Waals surface area contributed by atoms with Crippen LogP contribution in [0, 0.1) is 17.3 Å². The molecule has 3 N–H and O–H groups in total. The highest BCUT2D eigenvalue weighted by Gasteiger charge is 2.40. The smallest absolute Gasteiger partial charge is 0.306 e. The largest absolute Gasteiger partial charge is 0.481 e. The van der Waals surface area contributed by atoms with Gasteiger partial charge in [-0.25, -0.2) is 0 Å². The van der Waals surface area contributed by atoms with Crippen LogP contribution in [0.4, 0.5) is 0 Å². The normalized spacial score (nSPS) is 39.5. The Morgan fingerprint density at radius 2 is 1.81 bits per heavy atom. The van der Waals surface area contributed by atoms with Crippen LogP contribution in [-0.2, 0) is 9.59 Å². The van der Waals surface area contributed by atoms with Crippen LogP contribution in [0.1, 0.15) is 51.4 Å². The van der Waals surface area contributed by atoms with Crippen LogP contribution in [0.3, 0.4) is 0 Å². The number of hydrogen-bond donors (Lipinski definition) is 3. The average molecular weight is 294 g/mol. The summed E-state index contributed by atoms with van der Waals surface area (Å²) in [5.41, 5.74) is 0.457. The molecule has 1 aliphatic heterocycles. The van der Waals surface area contributed by atoms with E-state index in [0.717, 1.165) is 45.2 Å². The zero-order chi connectivity index (χ0) is 14.9. The zero-order valence-electron chi connectivity index (χ0n) is 12.6. The number of aliphatic carboxylic acids is 1. The number of carboxylic acids is 1. The van der Waals surface area contributed by atoms with Crippen LogP contribution in [0.15, 0.2) is 0 Å². The SMILES string of the molecule is O=C(N[C@H]1CC[C@@H](C(=O)O)C1)C1CCC2(CCNC2)CC1. The van der Waals surface area contributed by atoms with Crippen molar-refractivity contribution < 1.29 is 14.7 Å². The first-order valence-electron chi connectivity index (χ1n) is 8.32. The number of hydrogen-bond acceptors (Lipinski definition) is 3. The van der Waals surface area contributed by atoms with E-state index in [2.05, 4.69) is 10.6 Å². The predicted molar refractivity (Wildman–Crippen MR) is 78.8 cm³/mol. The standard InChI is InChI=1S/C16H26N2O3/c19-14(18-13-2-1-12(9-13)15(20)21)11-3-5-16(6-4-11)7-8-17-10-16/h11-13,17H,1-10H2,(H,18,19)(H,20,21)/t11?,12-,13+,16?/m1/s1. The minimum atomic E-state index is -0.722. The molecule has 3 aliphatic rings. The lowest BCUT2D eigenvalue weighted by atomic mass is 9.70. The molecule has 0 aromatic heterocycles. The lowest BCUT2D eigenvalue weighted by Gasteiger charge is -2.36. The van der Waals surface area contributed by atoms with Gasteiger partial charge in [-0.1, -0.05) is 0 Å². The number of amides is 1. The fourth-order valence-electron chi connectivity index (χ4n) is 4.37. The van der Waals surface area contributed by atoms with Gasteiger partial charge in [0.15, 0.2) is 0 Å². The number of carbonyl (C=O) groups is 2. The topological polar surface area (TPSA) is 78.4 Å². The van der Waals surface area contributed by atoms with Crippen molar-refractivity contribution in [1.29, 1.82) is 0 Å². The summed E-state index contributed by atoms with van der Waals surface area (Å²) in [5, 5.41) is 15.6. The van der Waals surface area contributed by atoms with Crippen molar-refractivity contribution in [3.63, 3.8) is 0 Å². The minimum absolute atomic E-state index is 0.0719. The molecule has 0 bridgehead atoms. The third-order valence-electron chi connectivity index (χ3n) is 5.88. The Kier molecular flexibility index (Phi) is 4.20. The van der Waals surface area contributed by atoms with Gasteiger partial charge in [0.05, 0.1) is 5.92 Å². The van der Waals surface area contributed by atoms with Crippen molar-refractivity contribution in [1.82, 2.24) is 10.6 Å². The third kappa shape index (κ3) is 3.23. The van der Waals surface area contributed by atoms with Crippen LogP contribution in [0.25, 0.3) is 0 Å². The maximum Gasteiger partial charge on any atom is 0.306 e. The molecule has 2 atom stereocenters. The summed E-state index contributed by atoms with van der Waals surface area (Å²) in [5.74, 6) is -0.693. The van der Waals surface area contributed by atoms with Crippen molar-refractivity contribution in [2.75, 3.05) is 13.1 Å². The highest BCUT2D eigenvalue weighted by atomic mass is 16.4. The first kappa shape index (κ1) is 14.8. The Labute approximate surface area is 125 Å². The summed E-state index contributed by atoms with van der Waals surface area (Å²) in [7, 11) is 0. The van der Waals surface area contributed by atoms with Crippen LogP contribution in [0.5, 0.6) is 0 Å². The van der Waals surface area contributed by atoms with Crippen LogP contribution in [-0.4, -0.2) is 36.1 Å². The van der Waals surface area contributed by atoms with Gasteiger partial charge in [0.1, 0.15) is 0 Å². The summed E-state index contributed by atoms with van der Waals surface area (Å²) >= 11 is 0. The first-order chi connectivity index (χ1) is 10.1. The Morgan fingerprint density at radius 3 is 2.38 bits per heavy atom. The van der Waals surface area contributed by atoms with Gasteiger partial charge in [0, 0.05) is 18.5 Å². The van der Waals surface area contributed by atoms with E-state index in [1.165, 1.54) is 6.42 Å². The Balaban J connectivity index is 1.45. The number of carboxylic acid groups (broad SMARTS) is 1. The van der Waals surface area contributed by atoms with Crippen molar-refractivity contribution >= 4 is 11.9 Å². The molecule has 5 nitrogen and oxygen atoms in total. The van der Waals surface area contributed by atoms with Gasteiger partial charge in [-0.3, -0.25) is 9.59 Å². The van der Waals surface area contributed by atoms with Gasteiger partial charge in [-0.05, 0) is 63.3 Å². The van der Waals surface area contributed by atoms with Gasteiger partial charge in [0.25, 0.3) is 0 Å². The minimum Gasteiger partial charge on any atom is -0.481 e. The highest BCUT2D eigenvalue weighted by Crippen LogP contribution is 2.43. The molecule has 1 spiro atoms. The number of carbonyl (C=O) groups excluding carboxylic acids is 1. The molecule has 0 unspecified atom stereocenters. The summed E-state index contributed by atoms with van der Waals surface area (Å²) in [6.07, 6.45) is 7.64. The molecule has 0 aromatic rings. The van der Waals surface area contributed by atoms with Crippen molar-refractivity contribution in [3.05, 3.63) is 0 Å². The quantitative estimate of drug-likeness (QED) is 0.737. The van der Waals surface area contributed by atoms with E-state index >= 15 is 0 Å². The van der Waals surface area contributed by atoms with Crippen LogP contribution < -0.4 is 10.6 Å². The predicted octanol–water partition coefficient (Wildman–Crippen LogP) is 1.53. The Bertz CT molecular complexity index is 408. The van der Waals surface area contributed by atoms with Crippen molar-refractivity contribution in [2.24, 2.45) is 17.3 Å². The second-order valence-electron chi connectivity index (χ2n) is 7.25. The lowest BCUT2D eigenvalue weighted by Crippen LogP contribution is -2.41. The second kappa shape index (κ2) is 5.95. The molecule has 3 fully saturated rings. The summed E-state index contributed by atoms with van der Waals surface area (Å²) in [6, 6.07) is 0.0719. The molecule has 0 aromatic carbocycles. The molecular formula is C16H26N2O3. The van der Waals surface area contributed by atoms with Gasteiger partial charge in [0.2, 0.25) is 5.91 Å². The molecule has 118 valence electrons. The summed E-state index contributed by atoms with van der Waals surface area (Å²) in [6.45, 7) is 2.24. The number of rotatable bonds is 3. The lowest BCUT2D eigenvalue weighted by molar-refractivity contribution is -0.141. The van der Waals surface area contributed by atoms with E-state index in [1.807, 2.05) is 0 Å². The molecule has 1 saturated heterocycles. The van der Waals surface area contributed by atoms with Gasteiger partial charge >= 0.3 is 5.97 Å². The van der Waals surface area contributed by atoms with Gasteiger partial charge < -0.3 is 15.7 Å². The van der Waals surface area contributed by atoms with Gasteiger partial charge in [-0.15, -0.1) is 0 Å². The van der Waals surface area contributed by atoms with E-state index in [4.69, 9.17) is 5.11 Å². The molecule has 0 radical (unpaired) electrons. The molecule has 5 heteroatoms. The van der Waals surface area contributed by atoms with E-state index in [9.17, 15) is 9.59 Å². The molecule has 3 rings (SSSR count). The molecule has 2 aliphatic carbocycles. The molecule has 1 heterocycles. The first-order valence-corrected chi connectivity index (χ1v) is 8.32. The third-order valence-corrected chi connectivity index (χ3v) is 5.88. The fraction of sp³-hybridized carbons (Fsp3) is 0.875. The van der Waals surface area contributed by atoms with Crippen LogP contribution in [0.2, 0.25) is 0 Å². The monoisotopic (exact) mass is 294 g/mol. The molecule has 1 amide bonds. The average Bonchev–Trinajstić information content (AvgIpc) is 3.10. The Hall–Kier alpha value is -1.10. The molecule has 2 saturated carbocycles. The number of nitrogens with one attached hydrogen (secondary N) is 2.